The number of halogens is 1. The van der Waals surface area contributed by atoms with Crippen molar-refractivity contribution in [3.8, 4) is 28.4 Å². The van der Waals surface area contributed by atoms with E-state index in [9.17, 15) is 9.59 Å². The summed E-state index contributed by atoms with van der Waals surface area (Å²) in [7, 11) is 1.45. The lowest BCUT2D eigenvalue weighted by molar-refractivity contribution is -0.123. The quantitative estimate of drug-likeness (QED) is 0.133. The summed E-state index contributed by atoms with van der Waals surface area (Å²) in [6, 6.07) is 28.9. The summed E-state index contributed by atoms with van der Waals surface area (Å²) in [4.78, 5) is 24.5. The first kappa shape index (κ1) is 25.5. The molecular formula is C29H23ClN2O5. The number of carbonyl (C=O) groups is 2. The number of benzene rings is 4. The molecule has 1 N–H and O–H groups in total. The lowest BCUT2D eigenvalue weighted by Crippen LogP contribution is -2.24. The van der Waals surface area contributed by atoms with Gasteiger partial charge in [-0.1, -0.05) is 66.2 Å². The molecule has 0 atom stereocenters. The number of amides is 1. The van der Waals surface area contributed by atoms with E-state index >= 15 is 0 Å². The van der Waals surface area contributed by atoms with Crippen molar-refractivity contribution in [1.29, 1.82) is 0 Å². The summed E-state index contributed by atoms with van der Waals surface area (Å²) in [5.41, 5.74) is 5.44. The number of carbonyl (C=O) groups excluding carboxylic acids is 2. The summed E-state index contributed by atoms with van der Waals surface area (Å²) in [6.07, 6.45) is 1.44. The smallest absolute Gasteiger partial charge is 0.345 e. The van der Waals surface area contributed by atoms with Gasteiger partial charge < -0.3 is 14.2 Å². The van der Waals surface area contributed by atoms with Crippen LogP contribution in [0.2, 0.25) is 5.02 Å². The van der Waals surface area contributed by atoms with Crippen LogP contribution in [0.15, 0.2) is 102 Å². The summed E-state index contributed by atoms with van der Waals surface area (Å²) in [5.74, 6) is 0.0941. The lowest BCUT2D eigenvalue weighted by atomic mass is 10.1. The van der Waals surface area contributed by atoms with Crippen LogP contribution in [0.4, 0.5) is 0 Å². The third-order valence-electron chi connectivity index (χ3n) is 5.22. The van der Waals surface area contributed by atoms with Crippen molar-refractivity contribution in [2.24, 2.45) is 5.10 Å². The third-order valence-corrected chi connectivity index (χ3v) is 5.55. The van der Waals surface area contributed by atoms with Crippen molar-refractivity contribution in [2.45, 2.75) is 0 Å². The van der Waals surface area contributed by atoms with Crippen molar-refractivity contribution in [2.75, 3.05) is 13.7 Å². The van der Waals surface area contributed by atoms with Crippen molar-refractivity contribution >= 4 is 29.7 Å². The molecule has 7 nitrogen and oxygen atoms in total. The first-order chi connectivity index (χ1) is 18.0. The summed E-state index contributed by atoms with van der Waals surface area (Å²) in [6.45, 7) is -0.192. The lowest BCUT2D eigenvalue weighted by Gasteiger charge is -2.10. The Hall–Kier alpha value is -4.62. The molecular weight excluding hydrogens is 492 g/mol. The number of methoxy groups -OCH3 is 1. The Labute approximate surface area is 219 Å². The molecule has 0 bridgehead atoms. The molecule has 37 heavy (non-hydrogen) atoms. The van der Waals surface area contributed by atoms with Gasteiger partial charge >= 0.3 is 5.97 Å². The van der Waals surface area contributed by atoms with E-state index in [0.717, 1.165) is 11.1 Å². The van der Waals surface area contributed by atoms with Crippen LogP contribution >= 0.6 is 11.6 Å². The van der Waals surface area contributed by atoms with Crippen LogP contribution in [-0.4, -0.2) is 31.8 Å². The Morgan fingerprint density at radius 3 is 2.30 bits per heavy atom. The number of hydrogen-bond donors (Lipinski definition) is 1. The SMILES string of the molecule is COc1cc(C=NNC(=O)COc2ccc(-c3ccccc3)cc2)ccc1OC(=O)c1ccccc1Cl. The van der Waals surface area contributed by atoms with E-state index in [2.05, 4.69) is 10.5 Å². The molecule has 0 unspecified atom stereocenters. The molecule has 0 spiro atoms. The summed E-state index contributed by atoms with van der Waals surface area (Å²) < 4.78 is 16.3. The Bertz CT molecular complexity index is 1410. The predicted molar refractivity (Wildman–Crippen MR) is 143 cm³/mol. The standard InChI is InChI=1S/C29H23ClN2O5/c1-35-27-17-20(11-16-26(27)37-29(34)24-9-5-6-10-25(24)30)18-31-32-28(33)19-36-23-14-12-22(13-15-23)21-7-3-2-4-8-21/h2-18H,19H2,1H3,(H,32,33). The number of hydrogen-bond acceptors (Lipinski definition) is 6. The monoisotopic (exact) mass is 514 g/mol. The molecule has 8 heteroatoms. The van der Waals surface area contributed by atoms with E-state index in [1.165, 1.54) is 13.3 Å². The van der Waals surface area contributed by atoms with Gasteiger partial charge in [0.25, 0.3) is 5.91 Å². The molecule has 0 aliphatic carbocycles. The molecule has 0 fully saturated rings. The van der Waals surface area contributed by atoms with Crippen molar-refractivity contribution in [3.63, 3.8) is 0 Å². The number of hydrazone groups is 1. The minimum Gasteiger partial charge on any atom is -0.493 e. The van der Waals surface area contributed by atoms with Crippen LogP contribution in [0.1, 0.15) is 15.9 Å². The fourth-order valence-corrected chi connectivity index (χ4v) is 3.58. The zero-order valence-electron chi connectivity index (χ0n) is 19.9. The van der Waals surface area contributed by atoms with Crippen molar-refractivity contribution in [3.05, 3.63) is 113 Å². The molecule has 0 aromatic heterocycles. The highest BCUT2D eigenvalue weighted by molar-refractivity contribution is 6.33. The molecule has 4 aromatic rings. The van der Waals surface area contributed by atoms with Crippen LogP contribution in [0.5, 0.6) is 17.2 Å². The minimum atomic E-state index is -0.604. The molecule has 1 amide bonds. The van der Waals surface area contributed by atoms with E-state index in [4.69, 9.17) is 25.8 Å². The second-order valence-corrected chi connectivity index (χ2v) is 8.16. The highest BCUT2D eigenvalue weighted by atomic mass is 35.5. The zero-order chi connectivity index (χ0) is 26.0. The minimum absolute atomic E-state index is 0.192. The fourth-order valence-electron chi connectivity index (χ4n) is 3.36. The first-order valence-electron chi connectivity index (χ1n) is 11.3. The zero-order valence-corrected chi connectivity index (χ0v) is 20.6. The third kappa shape index (κ3) is 6.96. The topological polar surface area (TPSA) is 86.2 Å². The number of nitrogens with one attached hydrogen (secondary N) is 1. The van der Waals surface area contributed by atoms with Crippen LogP contribution in [0, 0.1) is 0 Å². The molecule has 186 valence electrons. The molecule has 0 aliphatic heterocycles. The largest absolute Gasteiger partial charge is 0.493 e. The molecule has 4 rings (SSSR count). The van der Waals surface area contributed by atoms with E-state index in [0.29, 0.717) is 22.1 Å². The average Bonchev–Trinajstić information content (AvgIpc) is 2.93. The normalized spacial score (nSPS) is 10.6. The Morgan fingerprint density at radius 2 is 1.57 bits per heavy atom. The second kappa shape index (κ2) is 12.4. The van der Waals surface area contributed by atoms with Gasteiger partial charge in [0.05, 0.1) is 23.9 Å². The van der Waals surface area contributed by atoms with Crippen molar-refractivity contribution < 1.29 is 23.8 Å². The average molecular weight is 515 g/mol. The molecule has 0 heterocycles. The molecule has 0 radical (unpaired) electrons. The number of rotatable bonds is 9. The maximum Gasteiger partial charge on any atom is 0.345 e. The highest BCUT2D eigenvalue weighted by Crippen LogP contribution is 2.29. The Kier molecular flexibility index (Phi) is 8.52. The van der Waals surface area contributed by atoms with E-state index in [-0.39, 0.29) is 17.9 Å². The Balaban J connectivity index is 1.29. The van der Waals surface area contributed by atoms with Gasteiger partial charge in [-0.25, -0.2) is 10.2 Å². The Morgan fingerprint density at radius 1 is 0.865 bits per heavy atom. The maximum absolute atomic E-state index is 12.4. The van der Waals surface area contributed by atoms with E-state index in [1.807, 2.05) is 54.6 Å². The van der Waals surface area contributed by atoms with Crippen molar-refractivity contribution in [1.82, 2.24) is 5.43 Å². The van der Waals surface area contributed by atoms with Crippen LogP contribution in [-0.2, 0) is 4.79 Å². The molecule has 0 aliphatic rings. The number of esters is 1. The van der Waals surface area contributed by atoms with Crippen LogP contribution in [0.25, 0.3) is 11.1 Å². The van der Waals surface area contributed by atoms with Gasteiger partial charge in [0.2, 0.25) is 0 Å². The molecule has 0 saturated carbocycles. The van der Waals surface area contributed by atoms with Gasteiger partial charge in [-0.15, -0.1) is 0 Å². The summed E-state index contributed by atoms with van der Waals surface area (Å²) in [5, 5.41) is 4.24. The fraction of sp³-hybridized carbons (Fsp3) is 0.0690. The first-order valence-corrected chi connectivity index (χ1v) is 11.7. The highest BCUT2D eigenvalue weighted by Gasteiger charge is 2.15. The van der Waals surface area contributed by atoms with Gasteiger partial charge in [0, 0.05) is 0 Å². The van der Waals surface area contributed by atoms with E-state index < -0.39 is 11.9 Å². The maximum atomic E-state index is 12.4. The van der Waals surface area contributed by atoms with Crippen LogP contribution < -0.4 is 19.6 Å². The molecule has 0 saturated heterocycles. The molecule has 4 aromatic carbocycles. The van der Waals surface area contributed by atoms with Gasteiger partial charge in [-0.05, 0) is 59.2 Å². The summed E-state index contributed by atoms with van der Waals surface area (Å²) >= 11 is 6.06. The second-order valence-electron chi connectivity index (χ2n) is 7.75. The van der Waals surface area contributed by atoms with Gasteiger partial charge in [-0.2, -0.15) is 5.10 Å². The van der Waals surface area contributed by atoms with Gasteiger partial charge in [0.15, 0.2) is 18.1 Å². The van der Waals surface area contributed by atoms with Crippen LogP contribution in [0.3, 0.4) is 0 Å². The van der Waals surface area contributed by atoms with Gasteiger partial charge in [-0.3, -0.25) is 4.79 Å². The van der Waals surface area contributed by atoms with Gasteiger partial charge in [0.1, 0.15) is 5.75 Å². The number of nitrogens with zero attached hydrogens (tertiary/aromatic N) is 1. The predicted octanol–water partition coefficient (Wildman–Crippen LogP) is 5.76. The van der Waals surface area contributed by atoms with E-state index in [1.54, 1.807) is 42.5 Å². The number of ether oxygens (including phenoxy) is 3.